The molecule has 1 aromatic heterocycles. The highest BCUT2D eigenvalue weighted by Gasteiger charge is 2.27. The summed E-state index contributed by atoms with van der Waals surface area (Å²) in [5.74, 6) is -0.238. The molecule has 3 rings (SSSR count). The summed E-state index contributed by atoms with van der Waals surface area (Å²) in [4.78, 5) is 12.3. The number of H-pyrrole nitrogens is 1. The topological polar surface area (TPSA) is 67.0 Å². The van der Waals surface area contributed by atoms with Gasteiger partial charge in [-0.1, -0.05) is 36.4 Å². The van der Waals surface area contributed by atoms with Gasteiger partial charge in [0.1, 0.15) is 6.61 Å². The lowest BCUT2D eigenvalue weighted by Gasteiger charge is -2.09. The van der Waals surface area contributed by atoms with E-state index in [0.717, 1.165) is 10.9 Å². The van der Waals surface area contributed by atoms with E-state index in [1.165, 1.54) is 0 Å². The second kappa shape index (κ2) is 7.57. The van der Waals surface area contributed by atoms with Crippen LogP contribution in [0.1, 0.15) is 21.5 Å². The molecule has 0 aliphatic heterocycles. The molecule has 8 heteroatoms. The van der Waals surface area contributed by atoms with Crippen molar-refractivity contribution in [1.82, 2.24) is 15.5 Å². The second-order valence-corrected chi connectivity index (χ2v) is 5.75. The quantitative estimate of drug-likeness (QED) is 0.704. The molecule has 0 spiro atoms. The molecule has 3 aromatic rings. The van der Waals surface area contributed by atoms with Crippen molar-refractivity contribution >= 4 is 16.8 Å². The Balaban J connectivity index is 1.55. The molecule has 0 bridgehead atoms. The maximum atomic E-state index is 12.3. The number of nitrogens with zero attached hydrogens (tertiary/aromatic N) is 1. The maximum Gasteiger partial charge on any atom is 0.411 e. The predicted octanol–water partition coefficient (Wildman–Crippen LogP) is 3.57. The lowest BCUT2D eigenvalue weighted by atomic mass is 10.1. The molecule has 5 nitrogen and oxygen atoms in total. The molecule has 1 amide bonds. The van der Waals surface area contributed by atoms with Crippen LogP contribution >= 0.6 is 0 Å². The van der Waals surface area contributed by atoms with Crippen LogP contribution in [0.3, 0.4) is 0 Å². The first-order chi connectivity index (χ1) is 12.4. The van der Waals surface area contributed by atoms with Crippen LogP contribution in [0.5, 0.6) is 0 Å². The molecular formula is C18H16F3N3O2. The van der Waals surface area contributed by atoms with E-state index in [-0.39, 0.29) is 12.5 Å². The van der Waals surface area contributed by atoms with E-state index in [4.69, 9.17) is 0 Å². The predicted molar refractivity (Wildman–Crippen MR) is 89.4 cm³/mol. The van der Waals surface area contributed by atoms with Gasteiger partial charge in [0.05, 0.1) is 23.9 Å². The Bertz CT molecular complexity index is 889. The lowest BCUT2D eigenvalue weighted by Crippen LogP contribution is -2.23. The van der Waals surface area contributed by atoms with Gasteiger partial charge in [0.2, 0.25) is 0 Å². The van der Waals surface area contributed by atoms with Crippen LogP contribution in [0.2, 0.25) is 0 Å². The van der Waals surface area contributed by atoms with Gasteiger partial charge in [-0.15, -0.1) is 0 Å². The normalized spacial score (nSPS) is 11.7. The number of hydrogen-bond acceptors (Lipinski definition) is 3. The van der Waals surface area contributed by atoms with Crippen molar-refractivity contribution in [2.75, 3.05) is 6.61 Å². The van der Waals surface area contributed by atoms with E-state index < -0.39 is 12.8 Å². The molecule has 0 unspecified atom stereocenters. The van der Waals surface area contributed by atoms with Crippen molar-refractivity contribution in [3.8, 4) is 0 Å². The maximum absolute atomic E-state index is 12.3. The zero-order valence-corrected chi connectivity index (χ0v) is 13.6. The molecule has 1 heterocycles. The zero-order chi connectivity index (χ0) is 18.6. The smallest absolute Gasteiger partial charge is 0.367 e. The van der Waals surface area contributed by atoms with Crippen LogP contribution in [0, 0.1) is 0 Å². The largest absolute Gasteiger partial charge is 0.411 e. The first kappa shape index (κ1) is 17.9. The average Bonchev–Trinajstić information content (AvgIpc) is 3.08. The number of hydrogen-bond donors (Lipinski definition) is 2. The SMILES string of the molecule is O=C(NCc1ccc(COCC(F)(F)F)cc1)c1cccc2cn[nH]c12. The number of aromatic nitrogens is 2. The number of carbonyl (C=O) groups excluding carboxylic acids is 1. The fourth-order valence-corrected chi connectivity index (χ4v) is 2.47. The van der Waals surface area contributed by atoms with Gasteiger partial charge in [0.15, 0.2) is 0 Å². The van der Waals surface area contributed by atoms with Crippen LogP contribution in [-0.4, -0.2) is 28.9 Å². The number of aromatic amines is 1. The number of fused-ring (bicyclic) bond motifs is 1. The monoisotopic (exact) mass is 363 g/mol. The summed E-state index contributed by atoms with van der Waals surface area (Å²) in [6.45, 7) is -1.09. The van der Waals surface area contributed by atoms with Gasteiger partial charge in [-0.2, -0.15) is 18.3 Å². The fraction of sp³-hybridized carbons (Fsp3) is 0.222. The molecule has 0 aliphatic rings. The van der Waals surface area contributed by atoms with Gasteiger partial charge in [-0.3, -0.25) is 9.89 Å². The molecule has 0 aliphatic carbocycles. The molecule has 0 fully saturated rings. The fourth-order valence-electron chi connectivity index (χ4n) is 2.47. The first-order valence-corrected chi connectivity index (χ1v) is 7.85. The van der Waals surface area contributed by atoms with Gasteiger partial charge in [0.25, 0.3) is 5.91 Å². The van der Waals surface area contributed by atoms with E-state index >= 15 is 0 Å². The van der Waals surface area contributed by atoms with E-state index in [2.05, 4.69) is 20.3 Å². The molecule has 0 radical (unpaired) electrons. The highest BCUT2D eigenvalue weighted by molar-refractivity contribution is 6.05. The summed E-state index contributed by atoms with van der Waals surface area (Å²) in [5, 5.41) is 10.4. The van der Waals surface area contributed by atoms with Crippen molar-refractivity contribution in [3.05, 3.63) is 65.4 Å². The number of halogens is 3. The summed E-state index contributed by atoms with van der Waals surface area (Å²) in [6, 6.07) is 12.2. The van der Waals surface area contributed by atoms with E-state index in [1.54, 1.807) is 42.6 Å². The van der Waals surface area contributed by atoms with Crippen LogP contribution in [0.4, 0.5) is 13.2 Å². The van der Waals surface area contributed by atoms with Crippen LogP contribution in [0.25, 0.3) is 10.9 Å². The van der Waals surface area contributed by atoms with Gasteiger partial charge < -0.3 is 10.1 Å². The minimum atomic E-state index is -4.33. The van der Waals surface area contributed by atoms with Crippen LogP contribution in [0.15, 0.2) is 48.7 Å². The third-order valence-corrected chi connectivity index (χ3v) is 3.73. The molecule has 2 aromatic carbocycles. The Labute approximate surface area is 147 Å². The highest BCUT2D eigenvalue weighted by atomic mass is 19.4. The van der Waals surface area contributed by atoms with E-state index in [0.29, 0.717) is 23.2 Å². The van der Waals surface area contributed by atoms with E-state index in [1.807, 2.05) is 6.07 Å². The number of ether oxygens (including phenoxy) is 1. The van der Waals surface area contributed by atoms with Crippen molar-refractivity contribution in [2.24, 2.45) is 0 Å². The number of para-hydroxylation sites is 1. The van der Waals surface area contributed by atoms with Gasteiger partial charge in [-0.05, 0) is 17.2 Å². The minimum Gasteiger partial charge on any atom is -0.367 e. The van der Waals surface area contributed by atoms with Crippen molar-refractivity contribution < 1.29 is 22.7 Å². The van der Waals surface area contributed by atoms with Gasteiger partial charge in [0, 0.05) is 11.9 Å². The first-order valence-electron chi connectivity index (χ1n) is 7.85. The Hall–Kier alpha value is -2.87. The lowest BCUT2D eigenvalue weighted by molar-refractivity contribution is -0.176. The number of benzene rings is 2. The Morgan fingerprint density at radius 1 is 1.12 bits per heavy atom. The number of rotatable bonds is 6. The number of amides is 1. The van der Waals surface area contributed by atoms with Crippen molar-refractivity contribution in [1.29, 1.82) is 0 Å². The summed E-state index contributed by atoms with van der Waals surface area (Å²) >= 11 is 0. The van der Waals surface area contributed by atoms with Crippen LogP contribution in [-0.2, 0) is 17.9 Å². The molecule has 0 atom stereocenters. The molecular weight excluding hydrogens is 347 g/mol. The Morgan fingerprint density at radius 2 is 1.85 bits per heavy atom. The van der Waals surface area contributed by atoms with Gasteiger partial charge in [-0.25, -0.2) is 0 Å². The van der Waals surface area contributed by atoms with Crippen LogP contribution < -0.4 is 5.32 Å². The molecule has 0 saturated carbocycles. The Morgan fingerprint density at radius 3 is 2.58 bits per heavy atom. The van der Waals surface area contributed by atoms with E-state index in [9.17, 15) is 18.0 Å². The summed E-state index contributed by atoms with van der Waals surface area (Å²) < 4.78 is 40.7. The molecule has 26 heavy (non-hydrogen) atoms. The van der Waals surface area contributed by atoms with Gasteiger partial charge >= 0.3 is 6.18 Å². The summed E-state index contributed by atoms with van der Waals surface area (Å²) in [7, 11) is 0. The summed E-state index contributed by atoms with van der Waals surface area (Å²) in [5.41, 5.74) is 2.63. The third kappa shape index (κ3) is 4.60. The minimum absolute atomic E-state index is 0.117. The number of nitrogens with one attached hydrogen (secondary N) is 2. The summed E-state index contributed by atoms with van der Waals surface area (Å²) in [6.07, 6.45) is -2.69. The Kier molecular flexibility index (Phi) is 5.22. The van der Waals surface area contributed by atoms with Crippen molar-refractivity contribution in [3.63, 3.8) is 0 Å². The number of carbonyl (C=O) groups is 1. The number of alkyl halides is 3. The molecule has 2 N–H and O–H groups in total. The molecule has 0 saturated heterocycles. The standard InChI is InChI=1S/C18H16F3N3O2/c19-18(20,21)11-26-10-13-6-4-12(5-7-13)8-22-17(25)15-3-1-2-14-9-23-24-16(14)15/h1-7,9H,8,10-11H2,(H,22,25)(H,23,24). The third-order valence-electron chi connectivity index (χ3n) is 3.73. The van der Waals surface area contributed by atoms with Crippen molar-refractivity contribution in [2.45, 2.75) is 19.3 Å². The second-order valence-electron chi connectivity index (χ2n) is 5.75. The average molecular weight is 363 g/mol. The zero-order valence-electron chi connectivity index (χ0n) is 13.6. The molecule has 136 valence electrons. The highest BCUT2D eigenvalue weighted by Crippen LogP contribution is 2.17.